The van der Waals surface area contributed by atoms with Crippen LogP contribution >= 0.6 is 22.9 Å². The topological polar surface area (TPSA) is 81.2 Å². The number of halogens is 1. The van der Waals surface area contributed by atoms with Crippen molar-refractivity contribution >= 4 is 28.8 Å². The van der Waals surface area contributed by atoms with Gasteiger partial charge < -0.3 is 13.9 Å². The number of aryl methyl sites for hydroxylation is 1. The Labute approximate surface area is 171 Å². The van der Waals surface area contributed by atoms with E-state index in [1.165, 1.54) is 0 Å². The second kappa shape index (κ2) is 8.70. The SMILES string of the molecule is Cc1csc(=O)n1CCC(=O)N(Cc1nnc(-c2ccccc2Cl)o1)C(C)C. The fourth-order valence-electron chi connectivity index (χ4n) is 2.79. The molecule has 0 bridgehead atoms. The lowest BCUT2D eigenvalue weighted by Crippen LogP contribution is -2.37. The third-order valence-electron chi connectivity index (χ3n) is 4.35. The Balaban J connectivity index is 1.70. The van der Waals surface area contributed by atoms with E-state index in [9.17, 15) is 9.59 Å². The van der Waals surface area contributed by atoms with Crippen molar-refractivity contribution in [2.75, 3.05) is 0 Å². The van der Waals surface area contributed by atoms with Crippen LogP contribution < -0.4 is 4.87 Å². The summed E-state index contributed by atoms with van der Waals surface area (Å²) in [6, 6.07) is 7.15. The van der Waals surface area contributed by atoms with Crippen molar-refractivity contribution in [2.45, 2.75) is 46.3 Å². The van der Waals surface area contributed by atoms with Crippen molar-refractivity contribution in [3.05, 3.63) is 55.9 Å². The number of benzene rings is 1. The molecule has 1 amide bonds. The molecule has 0 fully saturated rings. The lowest BCUT2D eigenvalue weighted by molar-refractivity contribution is -0.134. The summed E-state index contributed by atoms with van der Waals surface area (Å²) in [5.41, 5.74) is 1.51. The number of carbonyl (C=O) groups excluding carboxylic acids is 1. The van der Waals surface area contributed by atoms with E-state index in [-0.39, 0.29) is 29.8 Å². The Morgan fingerprint density at radius 1 is 1.32 bits per heavy atom. The predicted molar refractivity (Wildman–Crippen MR) is 108 cm³/mol. The minimum absolute atomic E-state index is 0.0524. The lowest BCUT2D eigenvalue weighted by Gasteiger charge is -2.25. The van der Waals surface area contributed by atoms with Gasteiger partial charge in [0, 0.05) is 30.1 Å². The third kappa shape index (κ3) is 4.51. The first-order chi connectivity index (χ1) is 13.4. The highest BCUT2D eigenvalue weighted by molar-refractivity contribution is 7.07. The largest absolute Gasteiger partial charge is 0.419 e. The first-order valence-electron chi connectivity index (χ1n) is 8.88. The van der Waals surface area contributed by atoms with Crippen molar-refractivity contribution in [3.63, 3.8) is 0 Å². The van der Waals surface area contributed by atoms with E-state index >= 15 is 0 Å². The summed E-state index contributed by atoms with van der Waals surface area (Å²) in [5, 5.41) is 10.4. The van der Waals surface area contributed by atoms with Crippen LogP contribution in [0.2, 0.25) is 5.02 Å². The molecule has 2 heterocycles. The maximum atomic E-state index is 12.7. The first kappa shape index (κ1) is 20.3. The second-order valence-corrected chi connectivity index (χ2v) is 7.87. The van der Waals surface area contributed by atoms with Gasteiger partial charge in [-0.1, -0.05) is 35.1 Å². The fraction of sp³-hybridized carbons (Fsp3) is 0.368. The van der Waals surface area contributed by atoms with E-state index in [2.05, 4.69) is 10.2 Å². The summed E-state index contributed by atoms with van der Waals surface area (Å²) in [5.74, 6) is 0.572. The molecule has 0 aliphatic heterocycles. The van der Waals surface area contributed by atoms with Crippen LogP contribution in [0.3, 0.4) is 0 Å². The standard InChI is InChI=1S/C19H21ClN4O3S/c1-12(2)24(17(25)8-9-23-13(3)11-28-19(23)26)10-16-21-22-18(27-16)14-6-4-5-7-15(14)20/h4-7,11-12H,8-10H2,1-3H3. The van der Waals surface area contributed by atoms with Crippen molar-refractivity contribution in [2.24, 2.45) is 0 Å². The van der Waals surface area contributed by atoms with Gasteiger partial charge in [-0.25, -0.2) is 0 Å². The van der Waals surface area contributed by atoms with E-state index in [1.807, 2.05) is 32.9 Å². The molecule has 9 heteroatoms. The Hall–Kier alpha value is -2.45. The number of nitrogens with zero attached hydrogens (tertiary/aromatic N) is 4. The van der Waals surface area contributed by atoms with Crippen molar-refractivity contribution in [3.8, 4) is 11.5 Å². The smallest absolute Gasteiger partial charge is 0.307 e. The Bertz CT molecular complexity index is 1020. The van der Waals surface area contributed by atoms with Gasteiger partial charge in [0.1, 0.15) is 0 Å². The number of hydrogen-bond acceptors (Lipinski definition) is 6. The molecule has 7 nitrogen and oxygen atoms in total. The number of carbonyl (C=O) groups is 1. The van der Waals surface area contributed by atoms with Crippen molar-refractivity contribution in [1.29, 1.82) is 0 Å². The molecular weight excluding hydrogens is 400 g/mol. The Kier molecular flexibility index (Phi) is 6.31. The summed E-state index contributed by atoms with van der Waals surface area (Å²) < 4.78 is 7.33. The van der Waals surface area contributed by atoms with Crippen LogP contribution in [0.15, 0.2) is 38.9 Å². The second-order valence-electron chi connectivity index (χ2n) is 6.64. The molecule has 0 aliphatic carbocycles. The Morgan fingerprint density at radius 2 is 2.07 bits per heavy atom. The molecule has 0 unspecified atom stereocenters. The normalized spacial score (nSPS) is 11.2. The van der Waals surface area contributed by atoms with Crippen molar-refractivity contribution in [1.82, 2.24) is 19.7 Å². The molecule has 0 spiro atoms. The Morgan fingerprint density at radius 3 is 2.71 bits per heavy atom. The van der Waals surface area contributed by atoms with Crippen LogP contribution in [-0.2, 0) is 17.9 Å². The zero-order valence-electron chi connectivity index (χ0n) is 15.9. The molecule has 0 aliphatic rings. The van der Waals surface area contributed by atoms with Gasteiger partial charge in [0.05, 0.1) is 17.1 Å². The molecule has 2 aromatic heterocycles. The molecule has 3 rings (SSSR count). The lowest BCUT2D eigenvalue weighted by atomic mass is 10.2. The van der Waals surface area contributed by atoms with Gasteiger partial charge in [-0.15, -0.1) is 10.2 Å². The minimum Gasteiger partial charge on any atom is -0.419 e. The molecular formula is C19H21ClN4O3S. The molecule has 3 aromatic rings. The highest BCUT2D eigenvalue weighted by Crippen LogP contribution is 2.26. The van der Waals surface area contributed by atoms with Crippen LogP contribution in [-0.4, -0.2) is 31.6 Å². The average Bonchev–Trinajstić information content (AvgIpc) is 3.25. The quantitative estimate of drug-likeness (QED) is 0.581. The minimum atomic E-state index is -0.0787. The average molecular weight is 421 g/mol. The predicted octanol–water partition coefficient (Wildman–Crippen LogP) is 3.75. The molecule has 0 radical (unpaired) electrons. The summed E-state index contributed by atoms with van der Waals surface area (Å²) >= 11 is 7.31. The summed E-state index contributed by atoms with van der Waals surface area (Å²) in [4.78, 5) is 26.2. The number of rotatable bonds is 7. The third-order valence-corrected chi connectivity index (χ3v) is 5.56. The van der Waals surface area contributed by atoms with E-state index in [0.29, 0.717) is 28.9 Å². The monoisotopic (exact) mass is 420 g/mol. The van der Waals surface area contributed by atoms with E-state index in [0.717, 1.165) is 17.0 Å². The van der Waals surface area contributed by atoms with Gasteiger partial charge in [0.25, 0.3) is 0 Å². The van der Waals surface area contributed by atoms with Gasteiger partial charge in [0.2, 0.25) is 17.7 Å². The highest BCUT2D eigenvalue weighted by atomic mass is 35.5. The van der Waals surface area contributed by atoms with E-state index in [4.69, 9.17) is 16.0 Å². The molecule has 148 valence electrons. The van der Waals surface area contributed by atoms with Crippen LogP contribution in [0.1, 0.15) is 31.9 Å². The van der Waals surface area contributed by atoms with Crippen LogP contribution in [0, 0.1) is 6.92 Å². The summed E-state index contributed by atoms with van der Waals surface area (Å²) in [6.07, 6.45) is 0.223. The van der Waals surface area contributed by atoms with Crippen LogP contribution in [0.5, 0.6) is 0 Å². The number of amides is 1. The van der Waals surface area contributed by atoms with Crippen LogP contribution in [0.4, 0.5) is 0 Å². The van der Waals surface area contributed by atoms with Gasteiger partial charge in [-0.05, 0) is 32.9 Å². The number of aromatic nitrogens is 3. The van der Waals surface area contributed by atoms with Gasteiger partial charge >= 0.3 is 4.87 Å². The van der Waals surface area contributed by atoms with Gasteiger partial charge in [-0.3, -0.25) is 9.59 Å². The fourth-order valence-corrected chi connectivity index (χ4v) is 3.77. The van der Waals surface area contributed by atoms with Crippen LogP contribution in [0.25, 0.3) is 11.5 Å². The zero-order valence-corrected chi connectivity index (χ0v) is 17.5. The van der Waals surface area contributed by atoms with Crippen molar-refractivity contribution < 1.29 is 9.21 Å². The maximum Gasteiger partial charge on any atom is 0.307 e. The van der Waals surface area contributed by atoms with E-state index < -0.39 is 0 Å². The van der Waals surface area contributed by atoms with Gasteiger partial charge in [0.15, 0.2) is 0 Å². The molecule has 0 saturated heterocycles. The summed E-state index contributed by atoms with van der Waals surface area (Å²) in [7, 11) is 0. The van der Waals surface area contributed by atoms with Gasteiger partial charge in [-0.2, -0.15) is 0 Å². The highest BCUT2D eigenvalue weighted by Gasteiger charge is 2.21. The van der Waals surface area contributed by atoms with E-state index in [1.54, 1.807) is 27.0 Å². The number of thiazole rings is 1. The molecule has 0 atom stereocenters. The molecule has 0 saturated carbocycles. The summed E-state index contributed by atoms with van der Waals surface area (Å²) in [6.45, 7) is 6.25. The maximum absolute atomic E-state index is 12.7. The molecule has 0 N–H and O–H groups in total. The number of hydrogen-bond donors (Lipinski definition) is 0. The zero-order chi connectivity index (χ0) is 20.3. The molecule has 1 aromatic carbocycles. The first-order valence-corrected chi connectivity index (χ1v) is 10.1. The molecule has 28 heavy (non-hydrogen) atoms.